The van der Waals surface area contributed by atoms with E-state index in [4.69, 9.17) is 9.94 Å². The number of hydrogen-bond donors (Lipinski definition) is 3. The second kappa shape index (κ2) is 6.34. The molecule has 0 saturated heterocycles. The van der Waals surface area contributed by atoms with Gasteiger partial charge in [-0.25, -0.2) is 13.9 Å². The zero-order chi connectivity index (χ0) is 17.4. The van der Waals surface area contributed by atoms with Crippen molar-refractivity contribution in [2.45, 2.75) is 60.4 Å². The molecule has 1 aromatic rings. The summed E-state index contributed by atoms with van der Waals surface area (Å²) in [7, 11) is -3.93. The first-order valence-corrected chi connectivity index (χ1v) is 9.52. The minimum Gasteiger partial charge on any atom is -0.490 e. The zero-order valence-corrected chi connectivity index (χ0v) is 14.0. The van der Waals surface area contributed by atoms with Gasteiger partial charge in [-0.1, -0.05) is 6.42 Å². The van der Waals surface area contributed by atoms with Crippen LogP contribution in [0.3, 0.4) is 0 Å². The largest absolute Gasteiger partial charge is 0.490 e. The highest BCUT2D eigenvalue weighted by Crippen LogP contribution is 2.45. The van der Waals surface area contributed by atoms with Crippen LogP contribution in [0.25, 0.3) is 0 Å². The lowest BCUT2D eigenvalue weighted by Crippen LogP contribution is -2.59. The number of hydroxylamine groups is 1. The molecule has 7 nitrogen and oxygen atoms in total. The van der Waals surface area contributed by atoms with Gasteiger partial charge < -0.3 is 9.84 Å². The van der Waals surface area contributed by atoms with E-state index in [1.165, 1.54) is 17.6 Å². The van der Waals surface area contributed by atoms with Crippen LogP contribution in [0, 0.1) is 0 Å². The molecule has 0 aliphatic heterocycles. The Balaban J connectivity index is 1.84. The molecule has 0 aromatic heterocycles. The number of aliphatic hydroxyl groups excluding tert-OH is 1. The molecule has 3 N–H and O–H groups in total. The SMILES string of the molecule is O=C(NO)C(O)C1(S(=O)(=O)c2ccc(OC3CCC3)cc2)CCC1. The first kappa shape index (κ1) is 17.2. The molecule has 2 aliphatic rings. The fraction of sp³-hybridized carbons (Fsp3) is 0.562. The highest BCUT2D eigenvalue weighted by molar-refractivity contribution is 7.93. The van der Waals surface area contributed by atoms with Gasteiger partial charge in [-0.2, -0.15) is 0 Å². The molecular formula is C16H21NO6S. The molecular weight excluding hydrogens is 334 g/mol. The highest BCUT2D eigenvalue weighted by atomic mass is 32.2. The molecule has 8 heteroatoms. The number of amides is 1. The molecule has 2 fully saturated rings. The lowest BCUT2D eigenvalue weighted by Gasteiger charge is -2.43. The van der Waals surface area contributed by atoms with Crippen molar-refractivity contribution in [3.63, 3.8) is 0 Å². The van der Waals surface area contributed by atoms with Crippen LogP contribution in [0.2, 0.25) is 0 Å². The number of sulfone groups is 1. The van der Waals surface area contributed by atoms with E-state index in [0.29, 0.717) is 12.2 Å². The van der Waals surface area contributed by atoms with E-state index in [1.807, 2.05) is 0 Å². The van der Waals surface area contributed by atoms with Gasteiger partial charge in [-0.3, -0.25) is 10.0 Å². The van der Waals surface area contributed by atoms with Crippen molar-refractivity contribution >= 4 is 15.7 Å². The van der Waals surface area contributed by atoms with Crippen molar-refractivity contribution in [1.29, 1.82) is 0 Å². The maximum absolute atomic E-state index is 12.9. The van der Waals surface area contributed by atoms with Crippen LogP contribution in [0.5, 0.6) is 5.75 Å². The van der Waals surface area contributed by atoms with Gasteiger partial charge in [0.1, 0.15) is 10.5 Å². The first-order chi connectivity index (χ1) is 11.4. The van der Waals surface area contributed by atoms with Crippen molar-refractivity contribution in [2.75, 3.05) is 0 Å². The standard InChI is InChI=1S/C16H21NO6S/c18-14(15(19)17-20)16(9-2-10-16)24(21,22)13-7-5-12(6-8-13)23-11-3-1-4-11/h5-8,11,14,18,20H,1-4,9-10H2,(H,17,19). The summed E-state index contributed by atoms with van der Waals surface area (Å²) in [6.45, 7) is 0. The summed E-state index contributed by atoms with van der Waals surface area (Å²) in [5, 5.41) is 18.8. The van der Waals surface area contributed by atoms with Gasteiger partial charge in [-0.05, 0) is 56.4 Å². The predicted molar refractivity (Wildman–Crippen MR) is 84.4 cm³/mol. The van der Waals surface area contributed by atoms with Gasteiger partial charge in [0.05, 0.1) is 11.0 Å². The number of rotatable bonds is 6. The Morgan fingerprint density at radius 2 is 1.83 bits per heavy atom. The monoisotopic (exact) mass is 355 g/mol. The number of ether oxygens (including phenoxy) is 1. The molecule has 0 bridgehead atoms. The van der Waals surface area contributed by atoms with E-state index < -0.39 is 26.6 Å². The summed E-state index contributed by atoms with van der Waals surface area (Å²) in [5.74, 6) is -0.502. The molecule has 0 radical (unpaired) electrons. The van der Waals surface area contributed by atoms with Crippen molar-refractivity contribution in [2.24, 2.45) is 0 Å². The number of hydrogen-bond acceptors (Lipinski definition) is 6. The topological polar surface area (TPSA) is 113 Å². The van der Waals surface area contributed by atoms with Crippen molar-refractivity contribution in [3.8, 4) is 5.75 Å². The molecule has 2 saturated carbocycles. The van der Waals surface area contributed by atoms with Crippen LogP contribution in [-0.4, -0.2) is 41.6 Å². The van der Waals surface area contributed by atoms with Crippen LogP contribution in [-0.2, 0) is 14.6 Å². The Bertz CT molecular complexity index is 707. The van der Waals surface area contributed by atoms with Crippen LogP contribution in [0.4, 0.5) is 0 Å². The Hall–Kier alpha value is -1.64. The maximum atomic E-state index is 12.9. The fourth-order valence-corrected chi connectivity index (χ4v) is 5.32. The number of aliphatic hydroxyl groups is 1. The summed E-state index contributed by atoms with van der Waals surface area (Å²) < 4.78 is 30.0. The van der Waals surface area contributed by atoms with Crippen LogP contribution < -0.4 is 10.2 Å². The quantitative estimate of drug-likeness (QED) is 0.522. The Labute approximate surface area is 140 Å². The summed E-state index contributed by atoms with van der Waals surface area (Å²) in [5.41, 5.74) is 1.33. The van der Waals surface area contributed by atoms with E-state index in [0.717, 1.165) is 19.3 Å². The minimum atomic E-state index is -3.93. The Morgan fingerprint density at radius 1 is 1.21 bits per heavy atom. The normalized spacial score (nSPS) is 21.2. The van der Waals surface area contributed by atoms with Crippen LogP contribution in [0.1, 0.15) is 38.5 Å². The molecule has 0 heterocycles. The van der Waals surface area contributed by atoms with Crippen LogP contribution in [0.15, 0.2) is 29.2 Å². The third kappa shape index (κ3) is 2.68. The van der Waals surface area contributed by atoms with Crippen molar-refractivity contribution < 1.29 is 28.3 Å². The van der Waals surface area contributed by atoms with Gasteiger partial charge >= 0.3 is 0 Å². The lowest BCUT2D eigenvalue weighted by molar-refractivity contribution is -0.141. The summed E-state index contributed by atoms with van der Waals surface area (Å²) in [6.07, 6.45) is 2.47. The van der Waals surface area contributed by atoms with Crippen molar-refractivity contribution in [1.82, 2.24) is 5.48 Å². The van der Waals surface area contributed by atoms with E-state index in [2.05, 4.69) is 0 Å². The smallest absolute Gasteiger partial charge is 0.273 e. The highest BCUT2D eigenvalue weighted by Gasteiger charge is 2.57. The molecule has 0 spiro atoms. The molecule has 1 aromatic carbocycles. The summed E-state index contributed by atoms with van der Waals surface area (Å²) in [6, 6.07) is 6.06. The van der Waals surface area contributed by atoms with Gasteiger partial charge in [0, 0.05) is 0 Å². The number of carbonyl (C=O) groups excluding carboxylic acids is 1. The van der Waals surface area contributed by atoms with Gasteiger partial charge in [-0.15, -0.1) is 0 Å². The molecule has 2 aliphatic carbocycles. The van der Waals surface area contributed by atoms with Crippen molar-refractivity contribution in [3.05, 3.63) is 24.3 Å². The summed E-state index contributed by atoms with van der Waals surface area (Å²) >= 11 is 0. The Kier molecular flexibility index (Phi) is 4.54. The van der Waals surface area contributed by atoms with Gasteiger partial charge in [0.25, 0.3) is 5.91 Å². The zero-order valence-electron chi connectivity index (χ0n) is 13.1. The molecule has 3 rings (SSSR count). The second-order valence-electron chi connectivity index (χ2n) is 6.44. The van der Waals surface area contributed by atoms with Gasteiger partial charge in [0.15, 0.2) is 15.9 Å². The third-order valence-corrected chi connectivity index (χ3v) is 7.68. The third-order valence-electron chi connectivity index (χ3n) is 5.08. The second-order valence-corrected chi connectivity index (χ2v) is 8.73. The average molecular weight is 355 g/mol. The maximum Gasteiger partial charge on any atom is 0.273 e. The van der Waals surface area contributed by atoms with E-state index in [-0.39, 0.29) is 23.8 Å². The number of nitrogens with one attached hydrogen (secondary N) is 1. The molecule has 132 valence electrons. The Morgan fingerprint density at radius 3 is 2.25 bits per heavy atom. The number of benzene rings is 1. The fourth-order valence-electron chi connectivity index (χ4n) is 3.13. The van der Waals surface area contributed by atoms with E-state index >= 15 is 0 Å². The van der Waals surface area contributed by atoms with E-state index in [1.54, 1.807) is 12.1 Å². The molecule has 1 atom stereocenters. The van der Waals surface area contributed by atoms with Crippen LogP contribution >= 0.6 is 0 Å². The minimum absolute atomic E-state index is 0.0351. The average Bonchev–Trinajstić information content (AvgIpc) is 2.49. The summed E-state index contributed by atoms with van der Waals surface area (Å²) in [4.78, 5) is 11.6. The number of carbonyl (C=O) groups is 1. The van der Waals surface area contributed by atoms with E-state index in [9.17, 15) is 18.3 Å². The van der Waals surface area contributed by atoms with Gasteiger partial charge in [0.2, 0.25) is 0 Å². The first-order valence-electron chi connectivity index (χ1n) is 8.04. The predicted octanol–water partition coefficient (Wildman–Crippen LogP) is 1.18. The lowest BCUT2D eigenvalue weighted by atomic mass is 9.79. The molecule has 1 unspecified atom stereocenters. The molecule has 24 heavy (non-hydrogen) atoms. The molecule has 1 amide bonds.